The number of fused-ring (bicyclic) bond motifs is 1. The van der Waals surface area contributed by atoms with Crippen LogP contribution in [-0.4, -0.2) is 23.1 Å². The summed E-state index contributed by atoms with van der Waals surface area (Å²) in [4.78, 5) is 2.30. The van der Waals surface area contributed by atoms with Gasteiger partial charge in [0, 0.05) is 24.7 Å². The minimum absolute atomic E-state index is 0.487. The molecule has 3 rings (SSSR count). The molecule has 2 aromatic carbocycles. The molecule has 0 aromatic heterocycles. The molecule has 3 heteroatoms. The standard InChI is InChI=1S/C17H18ClNO/c18-16-7-3-6-14(10-16)17(20)12-19-9-8-13-4-1-2-5-15(13)11-19/h1-7,10,17,20H,8-9,11-12H2/t17-/m0/s1. The van der Waals surface area contributed by atoms with Crippen molar-refractivity contribution in [2.75, 3.05) is 13.1 Å². The molecule has 2 aromatic rings. The van der Waals surface area contributed by atoms with Crippen LogP contribution in [0.25, 0.3) is 0 Å². The first-order chi connectivity index (χ1) is 9.72. The molecular weight excluding hydrogens is 270 g/mol. The number of aliphatic hydroxyl groups is 1. The minimum atomic E-state index is -0.487. The van der Waals surface area contributed by atoms with Gasteiger partial charge in [-0.1, -0.05) is 48.0 Å². The molecule has 1 aliphatic heterocycles. The van der Waals surface area contributed by atoms with Crippen LogP contribution < -0.4 is 0 Å². The fourth-order valence-corrected chi connectivity index (χ4v) is 2.97. The summed E-state index contributed by atoms with van der Waals surface area (Å²) in [5.41, 5.74) is 3.69. The molecule has 0 saturated carbocycles. The molecule has 0 spiro atoms. The third-order valence-electron chi connectivity index (χ3n) is 3.87. The molecule has 0 unspecified atom stereocenters. The van der Waals surface area contributed by atoms with E-state index in [1.807, 2.05) is 24.3 Å². The number of nitrogens with zero attached hydrogens (tertiary/aromatic N) is 1. The predicted octanol–water partition coefficient (Wildman–Crippen LogP) is 3.43. The van der Waals surface area contributed by atoms with Crippen molar-refractivity contribution >= 4 is 11.6 Å². The number of rotatable bonds is 3. The molecule has 20 heavy (non-hydrogen) atoms. The van der Waals surface area contributed by atoms with Gasteiger partial charge in [-0.2, -0.15) is 0 Å². The van der Waals surface area contributed by atoms with E-state index >= 15 is 0 Å². The molecule has 2 nitrogen and oxygen atoms in total. The second-order valence-corrected chi connectivity index (χ2v) is 5.76. The Hall–Kier alpha value is -1.35. The van der Waals surface area contributed by atoms with Crippen LogP contribution in [0.1, 0.15) is 22.8 Å². The number of aliphatic hydroxyl groups excluding tert-OH is 1. The van der Waals surface area contributed by atoms with Crippen LogP contribution >= 0.6 is 11.6 Å². The van der Waals surface area contributed by atoms with Gasteiger partial charge in [-0.3, -0.25) is 4.90 Å². The Morgan fingerprint density at radius 1 is 1.10 bits per heavy atom. The van der Waals surface area contributed by atoms with Gasteiger partial charge >= 0.3 is 0 Å². The first-order valence-electron chi connectivity index (χ1n) is 6.95. The van der Waals surface area contributed by atoms with Crippen molar-refractivity contribution in [1.82, 2.24) is 4.90 Å². The molecule has 1 atom stereocenters. The Bertz CT molecular complexity index is 599. The van der Waals surface area contributed by atoms with Crippen molar-refractivity contribution < 1.29 is 5.11 Å². The van der Waals surface area contributed by atoms with Crippen LogP contribution in [0.5, 0.6) is 0 Å². The van der Waals surface area contributed by atoms with E-state index in [1.165, 1.54) is 11.1 Å². The molecule has 1 aliphatic rings. The summed E-state index contributed by atoms with van der Waals surface area (Å²) in [6.45, 7) is 2.55. The average Bonchev–Trinajstić information content (AvgIpc) is 2.47. The highest BCUT2D eigenvalue weighted by Crippen LogP contribution is 2.23. The van der Waals surface area contributed by atoms with E-state index < -0.39 is 6.10 Å². The smallest absolute Gasteiger partial charge is 0.0917 e. The molecular formula is C17H18ClNO. The SMILES string of the molecule is O[C@@H](CN1CCc2ccccc2C1)c1cccc(Cl)c1. The van der Waals surface area contributed by atoms with Crippen LogP contribution in [0.2, 0.25) is 5.02 Å². The van der Waals surface area contributed by atoms with Crippen molar-refractivity contribution in [3.05, 3.63) is 70.2 Å². The number of benzene rings is 2. The molecule has 1 N–H and O–H groups in total. The first-order valence-corrected chi connectivity index (χ1v) is 7.33. The summed E-state index contributed by atoms with van der Waals surface area (Å²) in [7, 11) is 0. The molecule has 0 bridgehead atoms. The third-order valence-corrected chi connectivity index (χ3v) is 4.11. The summed E-state index contributed by atoms with van der Waals surface area (Å²) >= 11 is 5.97. The van der Waals surface area contributed by atoms with Crippen LogP contribution in [0.4, 0.5) is 0 Å². The van der Waals surface area contributed by atoms with E-state index in [1.54, 1.807) is 0 Å². The molecule has 0 amide bonds. The lowest BCUT2D eigenvalue weighted by atomic mass is 9.99. The number of hydrogen-bond donors (Lipinski definition) is 1. The zero-order chi connectivity index (χ0) is 13.9. The summed E-state index contributed by atoms with van der Waals surface area (Å²) in [6, 6.07) is 16.0. The van der Waals surface area contributed by atoms with Crippen molar-refractivity contribution in [2.24, 2.45) is 0 Å². The van der Waals surface area contributed by atoms with Crippen LogP contribution in [0.15, 0.2) is 48.5 Å². The minimum Gasteiger partial charge on any atom is -0.387 e. The Morgan fingerprint density at radius 3 is 2.70 bits per heavy atom. The lowest BCUT2D eigenvalue weighted by molar-refractivity contribution is 0.106. The summed E-state index contributed by atoms with van der Waals surface area (Å²) in [6.07, 6.45) is 0.567. The third kappa shape index (κ3) is 3.04. The number of β-amino-alcohol motifs (C(OH)–C–C–N with tert-alkyl or cyclic N) is 1. The molecule has 1 heterocycles. The Balaban J connectivity index is 1.67. The Labute approximate surface area is 124 Å². The quantitative estimate of drug-likeness (QED) is 0.935. The van der Waals surface area contributed by atoms with Gasteiger partial charge in [0.1, 0.15) is 0 Å². The molecule has 0 aliphatic carbocycles. The van der Waals surface area contributed by atoms with Crippen molar-refractivity contribution in [1.29, 1.82) is 0 Å². The highest BCUT2D eigenvalue weighted by atomic mass is 35.5. The average molecular weight is 288 g/mol. The summed E-state index contributed by atoms with van der Waals surface area (Å²) in [5.74, 6) is 0. The van der Waals surface area contributed by atoms with E-state index in [0.717, 1.165) is 25.1 Å². The van der Waals surface area contributed by atoms with Crippen LogP contribution in [0.3, 0.4) is 0 Å². The fraction of sp³-hybridized carbons (Fsp3) is 0.294. The van der Waals surface area contributed by atoms with Crippen LogP contribution in [-0.2, 0) is 13.0 Å². The zero-order valence-electron chi connectivity index (χ0n) is 11.3. The van der Waals surface area contributed by atoms with E-state index in [0.29, 0.717) is 11.6 Å². The Morgan fingerprint density at radius 2 is 1.90 bits per heavy atom. The maximum Gasteiger partial charge on any atom is 0.0917 e. The zero-order valence-corrected chi connectivity index (χ0v) is 12.1. The maximum absolute atomic E-state index is 10.3. The fourth-order valence-electron chi connectivity index (χ4n) is 2.77. The summed E-state index contributed by atoms with van der Waals surface area (Å²) < 4.78 is 0. The number of hydrogen-bond acceptors (Lipinski definition) is 2. The lowest BCUT2D eigenvalue weighted by Gasteiger charge is -2.30. The number of halogens is 1. The highest BCUT2D eigenvalue weighted by Gasteiger charge is 2.19. The summed E-state index contributed by atoms with van der Waals surface area (Å²) in [5, 5.41) is 11.0. The van der Waals surface area contributed by atoms with E-state index in [-0.39, 0.29) is 0 Å². The molecule has 0 radical (unpaired) electrons. The molecule has 104 valence electrons. The van der Waals surface area contributed by atoms with Gasteiger partial charge < -0.3 is 5.11 Å². The van der Waals surface area contributed by atoms with Crippen molar-refractivity contribution in [2.45, 2.75) is 19.1 Å². The van der Waals surface area contributed by atoms with Gasteiger partial charge in [-0.25, -0.2) is 0 Å². The monoisotopic (exact) mass is 287 g/mol. The van der Waals surface area contributed by atoms with Crippen molar-refractivity contribution in [3.63, 3.8) is 0 Å². The van der Waals surface area contributed by atoms with Gasteiger partial charge in [-0.15, -0.1) is 0 Å². The first kappa shape index (κ1) is 13.6. The maximum atomic E-state index is 10.3. The van der Waals surface area contributed by atoms with Crippen LogP contribution in [0, 0.1) is 0 Å². The van der Waals surface area contributed by atoms with Gasteiger partial charge in [0.25, 0.3) is 0 Å². The topological polar surface area (TPSA) is 23.5 Å². The van der Waals surface area contributed by atoms with E-state index in [2.05, 4.69) is 29.2 Å². The van der Waals surface area contributed by atoms with Gasteiger partial charge in [-0.05, 0) is 35.2 Å². The van der Waals surface area contributed by atoms with Gasteiger partial charge in [0.15, 0.2) is 0 Å². The van der Waals surface area contributed by atoms with E-state index in [4.69, 9.17) is 11.6 Å². The highest BCUT2D eigenvalue weighted by molar-refractivity contribution is 6.30. The van der Waals surface area contributed by atoms with E-state index in [9.17, 15) is 5.11 Å². The molecule has 0 saturated heterocycles. The molecule has 0 fully saturated rings. The predicted molar refractivity (Wildman–Crippen MR) is 81.8 cm³/mol. The second kappa shape index (κ2) is 5.96. The second-order valence-electron chi connectivity index (χ2n) is 5.32. The van der Waals surface area contributed by atoms with Gasteiger partial charge in [0.2, 0.25) is 0 Å². The Kier molecular flexibility index (Phi) is 4.06. The van der Waals surface area contributed by atoms with Crippen molar-refractivity contribution in [3.8, 4) is 0 Å². The normalized spacial score (nSPS) is 16.7. The largest absolute Gasteiger partial charge is 0.387 e. The lowest BCUT2D eigenvalue weighted by Crippen LogP contribution is -2.33. The van der Waals surface area contributed by atoms with Gasteiger partial charge in [0.05, 0.1) is 6.10 Å².